The lowest BCUT2D eigenvalue weighted by Crippen LogP contribution is -2.47. The summed E-state index contributed by atoms with van der Waals surface area (Å²) in [6.07, 6.45) is 11.9. The number of carbonyl (C=O) groups excluding carboxylic acids is 1. The van der Waals surface area contributed by atoms with Gasteiger partial charge in [0.2, 0.25) is 5.91 Å². The van der Waals surface area contributed by atoms with Crippen LogP contribution in [0.25, 0.3) is 5.70 Å². The molecular weight excluding hydrogens is 394 g/mol. The number of aromatic nitrogens is 2. The minimum absolute atomic E-state index is 0.0396. The molecule has 0 radical (unpaired) electrons. The van der Waals surface area contributed by atoms with Gasteiger partial charge >= 0.3 is 5.97 Å². The molecule has 2 heterocycles. The Labute approximate surface area is 184 Å². The first-order chi connectivity index (χ1) is 14.9. The zero-order valence-corrected chi connectivity index (χ0v) is 18.8. The van der Waals surface area contributed by atoms with Crippen LogP contribution >= 0.6 is 0 Å². The van der Waals surface area contributed by atoms with E-state index in [1.54, 1.807) is 15.8 Å². The first-order valence-corrected chi connectivity index (χ1v) is 11.9. The highest BCUT2D eigenvalue weighted by Gasteiger charge is 2.37. The van der Waals surface area contributed by atoms with Crippen LogP contribution in [0.4, 0.5) is 5.82 Å². The SMILES string of the molecule is CC1CC=C(n2cc(C(=O)O)c(N(C(=O)C3CCC(C)CC3)C3CCOCC3)n2)CC1. The highest BCUT2D eigenvalue weighted by atomic mass is 16.5. The number of carboxylic acid groups (broad SMARTS) is 1. The van der Waals surface area contributed by atoms with Gasteiger partial charge in [-0.1, -0.05) is 19.9 Å². The van der Waals surface area contributed by atoms with Gasteiger partial charge in [-0.25, -0.2) is 9.48 Å². The van der Waals surface area contributed by atoms with Crippen molar-refractivity contribution in [1.82, 2.24) is 9.78 Å². The number of ether oxygens (including phenoxy) is 1. The standard InChI is InChI=1S/C24H35N3O4/c1-16-3-7-18(8-4-16)23(28)27(20-11-13-31-14-12-20)22-21(24(29)30)15-26(25-22)19-9-5-17(2)6-10-19/h9,15-18,20H,3-8,10-14H2,1-2H3,(H,29,30). The van der Waals surface area contributed by atoms with Gasteiger partial charge in [-0.3, -0.25) is 9.69 Å². The summed E-state index contributed by atoms with van der Waals surface area (Å²) in [5, 5.41) is 14.7. The van der Waals surface area contributed by atoms with E-state index < -0.39 is 5.97 Å². The van der Waals surface area contributed by atoms with Crippen LogP contribution in [0, 0.1) is 17.8 Å². The zero-order valence-electron chi connectivity index (χ0n) is 18.8. The number of anilines is 1. The number of allylic oxidation sites excluding steroid dienone is 2. The van der Waals surface area contributed by atoms with E-state index in [0.717, 1.165) is 50.6 Å². The summed E-state index contributed by atoms with van der Waals surface area (Å²) in [6.45, 7) is 5.63. The number of hydrogen-bond acceptors (Lipinski definition) is 4. The van der Waals surface area contributed by atoms with Gasteiger partial charge in [0, 0.05) is 37.1 Å². The van der Waals surface area contributed by atoms with Crippen LogP contribution in [0.1, 0.15) is 82.0 Å². The van der Waals surface area contributed by atoms with E-state index in [2.05, 4.69) is 19.9 Å². The van der Waals surface area contributed by atoms with Crippen LogP contribution in [-0.2, 0) is 9.53 Å². The van der Waals surface area contributed by atoms with Crippen LogP contribution in [0.15, 0.2) is 12.3 Å². The van der Waals surface area contributed by atoms with Crippen LogP contribution in [0.2, 0.25) is 0 Å². The highest BCUT2D eigenvalue weighted by Crippen LogP contribution is 2.35. The number of amides is 1. The lowest BCUT2D eigenvalue weighted by atomic mass is 9.82. The number of carbonyl (C=O) groups is 2. The molecule has 7 nitrogen and oxygen atoms in total. The predicted molar refractivity (Wildman–Crippen MR) is 119 cm³/mol. The van der Waals surface area contributed by atoms with Gasteiger partial charge < -0.3 is 9.84 Å². The summed E-state index contributed by atoms with van der Waals surface area (Å²) in [7, 11) is 0. The smallest absolute Gasteiger partial charge is 0.341 e. The Morgan fingerprint density at radius 3 is 2.39 bits per heavy atom. The second-order valence-corrected chi connectivity index (χ2v) is 9.70. The Bertz CT molecular complexity index is 832. The van der Waals surface area contributed by atoms with Crippen LogP contribution in [0.3, 0.4) is 0 Å². The Morgan fingerprint density at radius 2 is 1.77 bits per heavy atom. The van der Waals surface area contributed by atoms with Gasteiger partial charge in [-0.05, 0) is 69.6 Å². The Kier molecular flexibility index (Phi) is 6.80. The molecule has 31 heavy (non-hydrogen) atoms. The maximum atomic E-state index is 13.7. The Morgan fingerprint density at radius 1 is 1.06 bits per heavy atom. The van der Waals surface area contributed by atoms with E-state index in [1.165, 1.54) is 0 Å². The first-order valence-electron chi connectivity index (χ1n) is 11.9. The van der Waals surface area contributed by atoms with Gasteiger partial charge in [-0.15, -0.1) is 5.10 Å². The number of aromatic carboxylic acids is 1. The van der Waals surface area contributed by atoms with Crippen molar-refractivity contribution in [2.45, 2.75) is 77.7 Å². The molecule has 2 aliphatic carbocycles. The second-order valence-electron chi connectivity index (χ2n) is 9.70. The average Bonchev–Trinajstić information content (AvgIpc) is 3.21. The van der Waals surface area contributed by atoms with Crippen molar-refractivity contribution in [2.24, 2.45) is 17.8 Å². The summed E-state index contributed by atoms with van der Waals surface area (Å²) in [6, 6.07) is -0.0672. The largest absolute Gasteiger partial charge is 0.477 e. The molecule has 1 saturated carbocycles. The van der Waals surface area contributed by atoms with E-state index >= 15 is 0 Å². The summed E-state index contributed by atoms with van der Waals surface area (Å²) in [5.41, 5.74) is 1.14. The fourth-order valence-corrected chi connectivity index (χ4v) is 5.10. The average molecular weight is 430 g/mol. The summed E-state index contributed by atoms with van der Waals surface area (Å²) >= 11 is 0. The third kappa shape index (κ3) is 4.86. The molecule has 170 valence electrons. The molecule has 2 fully saturated rings. The normalized spacial score (nSPS) is 27.5. The van der Waals surface area contributed by atoms with Gasteiger partial charge in [0.05, 0.1) is 0 Å². The van der Waals surface area contributed by atoms with Gasteiger partial charge in [0.25, 0.3) is 0 Å². The zero-order chi connectivity index (χ0) is 22.0. The molecule has 1 unspecified atom stereocenters. The van der Waals surface area contributed by atoms with Crippen molar-refractivity contribution in [3.05, 3.63) is 17.8 Å². The molecule has 0 aromatic carbocycles. The minimum atomic E-state index is -1.03. The molecule has 1 amide bonds. The van der Waals surface area contributed by atoms with Crippen molar-refractivity contribution in [1.29, 1.82) is 0 Å². The number of rotatable bonds is 5. The fraction of sp³-hybridized carbons (Fsp3) is 0.708. The van der Waals surface area contributed by atoms with E-state index in [4.69, 9.17) is 9.84 Å². The van der Waals surface area contributed by atoms with Crippen molar-refractivity contribution in [3.63, 3.8) is 0 Å². The third-order valence-electron chi connectivity index (χ3n) is 7.26. The highest BCUT2D eigenvalue weighted by molar-refractivity contribution is 6.02. The van der Waals surface area contributed by atoms with Gasteiger partial charge in [0.1, 0.15) is 5.56 Å². The lowest BCUT2D eigenvalue weighted by Gasteiger charge is -2.37. The van der Waals surface area contributed by atoms with Crippen molar-refractivity contribution in [2.75, 3.05) is 18.1 Å². The fourth-order valence-electron chi connectivity index (χ4n) is 5.10. The predicted octanol–water partition coefficient (Wildman–Crippen LogP) is 4.58. The maximum Gasteiger partial charge on any atom is 0.341 e. The monoisotopic (exact) mass is 429 g/mol. The molecule has 1 atom stereocenters. The molecule has 1 aliphatic heterocycles. The molecule has 3 aliphatic rings. The van der Waals surface area contributed by atoms with E-state index in [0.29, 0.717) is 43.7 Å². The molecular formula is C24H35N3O4. The van der Waals surface area contributed by atoms with Crippen LogP contribution in [-0.4, -0.2) is 46.0 Å². The van der Waals surface area contributed by atoms with Crippen LogP contribution < -0.4 is 4.90 Å². The van der Waals surface area contributed by atoms with Crippen molar-refractivity contribution >= 4 is 23.4 Å². The number of carboxylic acids is 1. The molecule has 1 saturated heterocycles. The topological polar surface area (TPSA) is 84.7 Å². The quantitative estimate of drug-likeness (QED) is 0.740. The molecule has 7 heteroatoms. The van der Waals surface area contributed by atoms with E-state index in [1.807, 2.05) is 0 Å². The maximum absolute atomic E-state index is 13.7. The summed E-state index contributed by atoms with van der Waals surface area (Å²) < 4.78 is 7.23. The summed E-state index contributed by atoms with van der Waals surface area (Å²) in [5.74, 6) is 0.538. The minimum Gasteiger partial charge on any atom is -0.477 e. The number of hydrogen-bond donors (Lipinski definition) is 1. The van der Waals surface area contributed by atoms with Crippen molar-refractivity contribution in [3.8, 4) is 0 Å². The lowest BCUT2D eigenvalue weighted by molar-refractivity contribution is -0.124. The molecule has 1 aromatic rings. The van der Waals surface area contributed by atoms with Gasteiger partial charge in [0.15, 0.2) is 5.82 Å². The molecule has 4 rings (SSSR count). The number of nitrogens with zero attached hydrogens (tertiary/aromatic N) is 3. The van der Waals surface area contributed by atoms with E-state index in [9.17, 15) is 14.7 Å². The van der Waals surface area contributed by atoms with Crippen molar-refractivity contribution < 1.29 is 19.4 Å². The Balaban J connectivity index is 1.69. The molecule has 1 aromatic heterocycles. The van der Waals surface area contributed by atoms with Gasteiger partial charge in [-0.2, -0.15) is 0 Å². The Hall–Kier alpha value is -2.15. The molecule has 0 bridgehead atoms. The molecule has 0 spiro atoms. The summed E-state index contributed by atoms with van der Waals surface area (Å²) in [4.78, 5) is 27.6. The first kappa shape index (κ1) is 22.1. The molecule has 1 N–H and O–H groups in total. The van der Waals surface area contributed by atoms with E-state index in [-0.39, 0.29) is 23.4 Å². The second kappa shape index (κ2) is 9.55. The van der Waals surface area contributed by atoms with Crippen LogP contribution in [0.5, 0.6) is 0 Å². The third-order valence-corrected chi connectivity index (χ3v) is 7.26.